The second kappa shape index (κ2) is 4.98. The van der Waals surface area contributed by atoms with Crippen LogP contribution in [0.1, 0.15) is 26.2 Å². The minimum atomic E-state index is -0.322. The fourth-order valence-corrected chi connectivity index (χ4v) is 1.29. The molecule has 1 rings (SSSR count). The van der Waals surface area contributed by atoms with Crippen molar-refractivity contribution in [1.29, 1.82) is 0 Å². The number of carbonyl (C=O) groups is 1. The minimum absolute atomic E-state index is 0.109. The van der Waals surface area contributed by atoms with Gasteiger partial charge in [0.15, 0.2) is 0 Å². The average Bonchev–Trinajstić information content (AvgIpc) is 2.06. The Morgan fingerprint density at radius 2 is 2.50 bits per heavy atom. The Morgan fingerprint density at radius 1 is 1.67 bits per heavy atom. The fourth-order valence-electron chi connectivity index (χ4n) is 1.29. The molecule has 1 unspecified atom stereocenters. The third-order valence-corrected chi connectivity index (χ3v) is 1.88. The molecular formula is C8H16N2O2. The number of hydrogen-bond donors (Lipinski definition) is 2. The molecule has 1 fully saturated rings. The Labute approximate surface area is 72.7 Å². The van der Waals surface area contributed by atoms with Crippen molar-refractivity contribution in [3.8, 4) is 0 Å². The van der Waals surface area contributed by atoms with Gasteiger partial charge in [-0.05, 0) is 32.7 Å². The van der Waals surface area contributed by atoms with E-state index in [1.165, 1.54) is 12.8 Å². The number of carbonyl (C=O) groups excluding carboxylic acids is 1. The molecule has 1 heterocycles. The molecular weight excluding hydrogens is 156 g/mol. The molecule has 0 spiro atoms. The maximum atomic E-state index is 10.9. The monoisotopic (exact) mass is 172 g/mol. The topological polar surface area (TPSA) is 50.4 Å². The highest BCUT2D eigenvalue weighted by molar-refractivity contribution is 5.67. The predicted molar refractivity (Wildman–Crippen MR) is 45.8 cm³/mol. The molecule has 4 nitrogen and oxygen atoms in total. The summed E-state index contributed by atoms with van der Waals surface area (Å²) < 4.78 is 4.75. The van der Waals surface area contributed by atoms with Crippen LogP contribution in [0.5, 0.6) is 0 Å². The van der Waals surface area contributed by atoms with Crippen molar-refractivity contribution in [2.45, 2.75) is 32.4 Å². The lowest BCUT2D eigenvalue weighted by atomic mass is 10.1. The van der Waals surface area contributed by atoms with Crippen LogP contribution in [0.4, 0.5) is 4.79 Å². The molecule has 1 amide bonds. The van der Waals surface area contributed by atoms with E-state index in [0.717, 1.165) is 13.0 Å². The lowest BCUT2D eigenvalue weighted by Crippen LogP contribution is -2.47. The Hall–Kier alpha value is -0.770. The Balaban J connectivity index is 2.15. The molecule has 0 aromatic carbocycles. The predicted octanol–water partition coefficient (Wildman–Crippen LogP) is 0.832. The molecule has 1 aliphatic rings. The highest BCUT2D eigenvalue weighted by Gasteiger charge is 2.14. The zero-order valence-corrected chi connectivity index (χ0v) is 7.43. The van der Waals surface area contributed by atoms with Gasteiger partial charge >= 0.3 is 6.09 Å². The molecule has 0 bridgehead atoms. The van der Waals surface area contributed by atoms with Gasteiger partial charge in [-0.25, -0.2) is 4.79 Å². The van der Waals surface area contributed by atoms with Crippen molar-refractivity contribution in [3.63, 3.8) is 0 Å². The number of ether oxygens (including phenoxy) is 1. The second-order valence-corrected chi connectivity index (χ2v) is 2.87. The van der Waals surface area contributed by atoms with Crippen LogP contribution in [0.15, 0.2) is 0 Å². The van der Waals surface area contributed by atoms with Gasteiger partial charge in [-0.1, -0.05) is 0 Å². The van der Waals surface area contributed by atoms with Crippen LogP contribution >= 0.6 is 0 Å². The van der Waals surface area contributed by atoms with Gasteiger partial charge in [0.2, 0.25) is 0 Å². The average molecular weight is 172 g/mol. The summed E-state index contributed by atoms with van der Waals surface area (Å²) in [7, 11) is 0. The SMILES string of the molecule is CCOC(=O)NC1CCCCN1. The molecule has 0 aliphatic carbocycles. The number of nitrogens with one attached hydrogen (secondary N) is 2. The first kappa shape index (κ1) is 9.32. The van der Waals surface area contributed by atoms with E-state index in [4.69, 9.17) is 4.74 Å². The summed E-state index contributed by atoms with van der Waals surface area (Å²) in [6.45, 7) is 3.21. The number of hydrogen-bond acceptors (Lipinski definition) is 3. The molecule has 4 heteroatoms. The maximum absolute atomic E-state index is 10.9. The number of piperidine rings is 1. The largest absolute Gasteiger partial charge is 0.450 e. The van der Waals surface area contributed by atoms with Crippen LogP contribution in [0.25, 0.3) is 0 Å². The van der Waals surface area contributed by atoms with Gasteiger partial charge in [0, 0.05) is 0 Å². The molecule has 0 aromatic rings. The fraction of sp³-hybridized carbons (Fsp3) is 0.875. The van der Waals surface area contributed by atoms with E-state index >= 15 is 0 Å². The van der Waals surface area contributed by atoms with E-state index in [1.54, 1.807) is 6.92 Å². The summed E-state index contributed by atoms with van der Waals surface area (Å²) >= 11 is 0. The van der Waals surface area contributed by atoms with Gasteiger partial charge in [-0.3, -0.25) is 5.32 Å². The van der Waals surface area contributed by atoms with Crippen molar-refractivity contribution in [3.05, 3.63) is 0 Å². The van der Waals surface area contributed by atoms with Gasteiger partial charge < -0.3 is 10.1 Å². The molecule has 12 heavy (non-hydrogen) atoms. The van der Waals surface area contributed by atoms with E-state index in [-0.39, 0.29) is 12.3 Å². The van der Waals surface area contributed by atoms with Crippen molar-refractivity contribution < 1.29 is 9.53 Å². The molecule has 0 aromatic heterocycles. The summed E-state index contributed by atoms with van der Waals surface area (Å²) in [5.41, 5.74) is 0. The third kappa shape index (κ3) is 3.09. The second-order valence-electron chi connectivity index (χ2n) is 2.87. The van der Waals surface area contributed by atoms with Crippen molar-refractivity contribution in [2.75, 3.05) is 13.2 Å². The minimum Gasteiger partial charge on any atom is -0.450 e. The quantitative estimate of drug-likeness (QED) is 0.648. The van der Waals surface area contributed by atoms with Crippen LogP contribution in [0, 0.1) is 0 Å². The van der Waals surface area contributed by atoms with E-state index in [0.29, 0.717) is 6.61 Å². The van der Waals surface area contributed by atoms with E-state index in [1.807, 2.05) is 0 Å². The van der Waals surface area contributed by atoms with Gasteiger partial charge in [0.05, 0.1) is 12.8 Å². The van der Waals surface area contributed by atoms with E-state index < -0.39 is 0 Å². The summed E-state index contributed by atoms with van der Waals surface area (Å²) in [4.78, 5) is 10.9. The lowest BCUT2D eigenvalue weighted by molar-refractivity contribution is 0.143. The summed E-state index contributed by atoms with van der Waals surface area (Å²) in [5.74, 6) is 0. The molecule has 70 valence electrons. The number of amides is 1. The van der Waals surface area contributed by atoms with Crippen LogP contribution in [-0.2, 0) is 4.74 Å². The van der Waals surface area contributed by atoms with Crippen LogP contribution in [-0.4, -0.2) is 25.4 Å². The van der Waals surface area contributed by atoms with Gasteiger partial charge in [0.25, 0.3) is 0 Å². The first-order valence-electron chi connectivity index (χ1n) is 4.49. The van der Waals surface area contributed by atoms with E-state index in [2.05, 4.69) is 10.6 Å². The summed E-state index contributed by atoms with van der Waals surface area (Å²) in [6, 6.07) is 0. The van der Waals surface area contributed by atoms with Gasteiger partial charge in [-0.15, -0.1) is 0 Å². The molecule has 1 saturated heterocycles. The summed E-state index contributed by atoms with van der Waals surface area (Å²) in [6.07, 6.45) is 3.15. The van der Waals surface area contributed by atoms with Crippen molar-refractivity contribution >= 4 is 6.09 Å². The lowest BCUT2D eigenvalue weighted by Gasteiger charge is -2.23. The highest BCUT2D eigenvalue weighted by Crippen LogP contribution is 2.04. The molecule has 1 atom stereocenters. The molecule has 2 N–H and O–H groups in total. The first-order chi connectivity index (χ1) is 5.83. The zero-order valence-electron chi connectivity index (χ0n) is 7.43. The van der Waals surface area contributed by atoms with Crippen LogP contribution in [0.2, 0.25) is 0 Å². The highest BCUT2D eigenvalue weighted by atomic mass is 16.5. The third-order valence-electron chi connectivity index (χ3n) is 1.88. The Bertz CT molecular complexity index is 144. The molecule has 0 radical (unpaired) electrons. The normalized spacial score (nSPS) is 23.2. The Kier molecular flexibility index (Phi) is 3.87. The standard InChI is InChI=1S/C8H16N2O2/c1-2-12-8(11)10-7-5-3-4-6-9-7/h7,9H,2-6H2,1H3,(H,10,11). The van der Waals surface area contributed by atoms with Gasteiger partial charge in [0.1, 0.15) is 0 Å². The number of rotatable bonds is 2. The van der Waals surface area contributed by atoms with Crippen molar-refractivity contribution in [2.24, 2.45) is 0 Å². The van der Waals surface area contributed by atoms with Crippen LogP contribution in [0.3, 0.4) is 0 Å². The van der Waals surface area contributed by atoms with Crippen LogP contribution < -0.4 is 10.6 Å². The Morgan fingerprint density at radius 3 is 3.08 bits per heavy atom. The molecule has 0 saturated carbocycles. The molecule has 1 aliphatic heterocycles. The number of alkyl carbamates (subject to hydrolysis) is 1. The van der Waals surface area contributed by atoms with E-state index in [9.17, 15) is 4.79 Å². The zero-order chi connectivity index (χ0) is 8.81. The van der Waals surface area contributed by atoms with Crippen molar-refractivity contribution in [1.82, 2.24) is 10.6 Å². The first-order valence-corrected chi connectivity index (χ1v) is 4.49. The summed E-state index contributed by atoms with van der Waals surface area (Å²) in [5, 5.41) is 5.94. The maximum Gasteiger partial charge on any atom is 0.408 e. The smallest absolute Gasteiger partial charge is 0.408 e. The van der Waals surface area contributed by atoms with Gasteiger partial charge in [-0.2, -0.15) is 0 Å².